The van der Waals surface area contributed by atoms with Crippen LogP contribution in [0.1, 0.15) is 12.0 Å². The molecule has 30 heavy (non-hydrogen) atoms. The van der Waals surface area contributed by atoms with Crippen molar-refractivity contribution in [3.8, 4) is 16.9 Å². The Morgan fingerprint density at radius 3 is 2.43 bits per heavy atom. The van der Waals surface area contributed by atoms with Gasteiger partial charge in [0, 0.05) is 29.1 Å². The highest BCUT2D eigenvalue weighted by molar-refractivity contribution is 6.37. The lowest BCUT2D eigenvalue weighted by Gasteiger charge is -2.31. The summed E-state index contributed by atoms with van der Waals surface area (Å²) in [5, 5.41) is 1.29. The molecule has 1 amide bonds. The number of methoxy groups -OCH3 is 1. The number of benzene rings is 3. The van der Waals surface area contributed by atoms with Crippen LogP contribution in [0.2, 0.25) is 20.1 Å². The van der Waals surface area contributed by atoms with Gasteiger partial charge in [0.25, 0.3) is 5.02 Å². The van der Waals surface area contributed by atoms with Crippen LogP contribution < -0.4 is 9.64 Å². The van der Waals surface area contributed by atoms with Gasteiger partial charge in [-0.15, -0.1) is 0 Å². The highest BCUT2D eigenvalue weighted by Gasteiger charge is 2.33. The van der Waals surface area contributed by atoms with Crippen LogP contribution in [0.4, 0.5) is 15.8 Å². The molecule has 0 unspecified atom stereocenters. The molecule has 0 bridgehead atoms. The summed E-state index contributed by atoms with van der Waals surface area (Å²) >= 11 is 24.3. The van der Waals surface area contributed by atoms with E-state index in [0.29, 0.717) is 39.2 Å². The molecule has 8 heteroatoms. The number of hydrogen-bond acceptors (Lipinski definition) is 2. The van der Waals surface area contributed by atoms with Crippen LogP contribution in [0.5, 0.6) is 5.75 Å². The Balaban J connectivity index is 2.00. The van der Waals surface area contributed by atoms with E-state index >= 15 is 0 Å². The zero-order chi connectivity index (χ0) is 21.6. The minimum atomic E-state index is -0.430. The summed E-state index contributed by atoms with van der Waals surface area (Å²) in [6, 6.07) is 10.9. The van der Waals surface area contributed by atoms with E-state index < -0.39 is 5.82 Å². The third-order valence-corrected chi connectivity index (χ3v) is 6.08. The fraction of sp³-hybridized carbons (Fsp3) is 0.136. The Labute approximate surface area is 192 Å². The molecule has 0 aliphatic carbocycles. The molecule has 0 spiro atoms. The molecule has 3 aromatic rings. The van der Waals surface area contributed by atoms with Gasteiger partial charge in [-0.25, -0.2) is 4.39 Å². The predicted molar refractivity (Wildman–Crippen MR) is 116 cm³/mol. The molecule has 0 atom stereocenters. The van der Waals surface area contributed by atoms with E-state index in [2.05, 4.69) is 0 Å². The zero-order valence-corrected chi connectivity index (χ0v) is 18.7. The molecule has 0 saturated carbocycles. The van der Waals surface area contributed by atoms with E-state index in [1.54, 1.807) is 24.3 Å². The van der Waals surface area contributed by atoms with Crippen LogP contribution in [0.3, 0.4) is 0 Å². The first-order chi connectivity index (χ1) is 14.3. The number of nitrogens with zero attached hydrogens (tertiary/aromatic N) is 1. The number of anilines is 2. The van der Waals surface area contributed by atoms with Crippen LogP contribution in [0, 0.1) is 17.4 Å². The lowest BCUT2D eigenvalue weighted by atomic mass is 9.91. The average Bonchev–Trinajstić information content (AvgIpc) is 2.68. The number of carbonyl (C=O) groups is 1. The number of hydrogen-bond donors (Lipinski definition) is 0. The molecule has 1 heterocycles. The maximum Gasteiger partial charge on any atom is 0.252 e. The van der Waals surface area contributed by atoms with Gasteiger partial charge in [-0.2, -0.15) is 0 Å². The van der Waals surface area contributed by atoms with Gasteiger partial charge in [0.1, 0.15) is 17.3 Å². The van der Waals surface area contributed by atoms with Crippen molar-refractivity contribution < 1.29 is 25.5 Å². The third-order valence-electron chi connectivity index (χ3n) is 4.95. The summed E-state index contributed by atoms with van der Waals surface area (Å²) in [5.41, 5.74) is 3.25. The van der Waals surface area contributed by atoms with Gasteiger partial charge >= 0.3 is 0 Å². The number of ether oxygens (including phenoxy) is 1. The van der Waals surface area contributed by atoms with Gasteiger partial charge < -0.3 is 4.74 Å². The van der Waals surface area contributed by atoms with E-state index in [0.717, 1.165) is 11.1 Å². The monoisotopic (exact) mass is 484 g/mol. The molecule has 0 fully saturated rings. The Bertz CT molecular complexity index is 1160. The van der Waals surface area contributed by atoms with Crippen molar-refractivity contribution in [1.29, 1.82) is 0 Å². The highest BCUT2D eigenvalue weighted by Crippen LogP contribution is 2.47. The molecule has 1 aliphatic rings. The quantitative estimate of drug-likeness (QED) is 0.409. The van der Waals surface area contributed by atoms with Crippen molar-refractivity contribution in [2.75, 3.05) is 12.0 Å². The molecule has 0 saturated heterocycles. The van der Waals surface area contributed by atoms with Crippen molar-refractivity contribution in [3.05, 3.63) is 73.9 Å². The van der Waals surface area contributed by atoms with Gasteiger partial charge in [0.05, 0.1) is 22.8 Å². The summed E-state index contributed by atoms with van der Waals surface area (Å²) in [6.45, 7) is 0. The first kappa shape index (κ1) is 21.3. The largest absolute Gasteiger partial charge is 0.497 e. The first-order valence-electron chi connectivity index (χ1n) is 8.95. The Hall–Kier alpha value is -1.98. The first-order valence-corrected chi connectivity index (χ1v) is 10.5. The standard InChI is InChI=1S/C22H15Cl4FNO2/c1-30-13-9-16(14-3-2-12(27)8-17(14)24)15-4-5-21(29)28(20(15)10-13)22-18(25)6-11(23)7-19(22)26/h2-3,6-10,25H,4-5H2,1H3/q+1. The zero-order valence-electron chi connectivity index (χ0n) is 15.6. The van der Waals surface area contributed by atoms with Gasteiger partial charge in [-0.1, -0.05) is 34.8 Å². The minimum Gasteiger partial charge on any atom is -0.497 e. The van der Waals surface area contributed by atoms with E-state index in [1.165, 1.54) is 24.1 Å². The number of fused-ring (bicyclic) bond motifs is 1. The topological polar surface area (TPSA) is 29.5 Å². The molecule has 154 valence electrons. The van der Waals surface area contributed by atoms with Crippen LogP contribution in [-0.4, -0.2) is 13.0 Å². The molecular weight excluding hydrogens is 471 g/mol. The number of rotatable bonds is 3. The van der Waals surface area contributed by atoms with E-state index in [1.807, 2.05) is 6.07 Å². The van der Waals surface area contributed by atoms with Gasteiger partial charge in [0.15, 0.2) is 11.6 Å². The molecule has 1 aliphatic heterocycles. The molecule has 0 aromatic heterocycles. The third kappa shape index (κ3) is 3.74. The van der Waals surface area contributed by atoms with Crippen LogP contribution >= 0.6 is 34.8 Å². The van der Waals surface area contributed by atoms with Crippen LogP contribution in [0.25, 0.3) is 11.1 Å². The molecular formula is C22H15Cl4FNO2+. The van der Waals surface area contributed by atoms with Crippen molar-refractivity contribution in [3.63, 3.8) is 0 Å². The second-order valence-electron chi connectivity index (χ2n) is 6.76. The summed E-state index contributed by atoms with van der Waals surface area (Å²) in [4.78, 5) is 14.5. The van der Waals surface area contributed by atoms with Crippen LogP contribution in [0.15, 0.2) is 42.5 Å². The second kappa shape index (κ2) is 8.27. The second-order valence-corrected chi connectivity index (χ2v) is 8.45. The molecule has 3 nitrogen and oxygen atoms in total. The lowest BCUT2D eigenvalue weighted by Crippen LogP contribution is -2.31. The van der Waals surface area contributed by atoms with Crippen LogP contribution in [-0.2, 0) is 11.2 Å². The SMILES string of the molecule is COc1cc(-c2ccc(F)cc2Cl)c2c(c1)N(c1c(Cl)cc(Cl)cc1[ClH+])C(=O)CC2. The molecule has 0 N–H and O–H groups in total. The van der Waals surface area contributed by atoms with Gasteiger partial charge in [-0.05, 0) is 47.9 Å². The number of amides is 1. The molecule has 0 radical (unpaired) electrons. The minimum absolute atomic E-state index is 0.151. The Kier molecular flexibility index (Phi) is 5.86. The molecule has 4 rings (SSSR count). The van der Waals surface area contributed by atoms with Crippen molar-refractivity contribution in [2.24, 2.45) is 0 Å². The Morgan fingerprint density at radius 1 is 1.00 bits per heavy atom. The van der Waals surface area contributed by atoms with Gasteiger partial charge in [0.2, 0.25) is 5.91 Å². The summed E-state index contributed by atoms with van der Waals surface area (Å²) < 4.78 is 19.1. The number of halogens is 5. The maximum absolute atomic E-state index is 13.6. The van der Waals surface area contributed by atoms with E-state index in [-0.39, 0.29) is 22.4 Å². The fourth-order valence-corrected chi connectivity index (χ4v) is 4.94. The van der Waals surface area contributed by atoms with Crippen molar-refractivity contribution in [2.45, 2.75) is 12.8 Å². The summed E-state index contributed by atoms with van der Waals surface area (Å²) in [6.07, 6.45) is 0.731. The van der Waals surface area contributed by atoms with Crippen molar-refractivity contribution >= 4 is 52.1 Å². The summed E-state index contributed by atoms with van der Waals surface area (Å²) in [5.74, 6) is -0.0666. The van der Waals surface area contributed by atoms with E-state index in [9.17, 15) is 9.18 Å². The fourth-order valence-electron chi connectivity index (χ4n) is 3.64. The predicted octanol–water partition coefficient (Wildman–Crippen LogP) is 6.77. The number of carbonyl (C=O) groups excluding carboxylic acids is 1. The highest BCUT2D eigenvalue weighted by atomic mass is 35.5. The molecule has 3 aromatic carbocycles. The smallest absolute Gasteiger partial charge is 0.252 e. The van der Waals surface area contributed by atoms with Crippen molar-refractivity contribution in [1.82, 2.24) is 0 Å². The average molecular weight is 486 g/mol. The Morgan fingerprint density at radius 2 is 1.77 bits per heavy atom. The van der Waals surface area contributed by atoms with Gasteiger partial charge in [-0.3, -0.25) is 9.69 Å². The van der Waals surface area contributed by atoms with E-state index in [4.69, 9.17) is 51.1 Å². The lowest BCUT2D eigenvalue weighted by molar-refractivity contribution is -0.287. The maximum atomic E-state index is 13.6. The summed E-state index contributed by atoms with van der Waals surface area (Å²) in [7, 11) is 1.53. The normalized spacial score (nSPS) is 13.4.